The number of benzene rings is 2. The van der Waals surface area contributed by atoms with E-state index in [1.54, 1.807) is 4.90 Å². The number of nitrogens with zero attached hydrogens (tertiary/aromatic N) is 1. The Hall–Kier alpha value is -3.22. The molecule has 0 spiro atoms. The van der Waals surface area contributed by atoms with Gasteiger partial charge in [0, 0.05) is 24.2 Å². The van der Waals surface area contributed by atoms with Gasteiger partial charge in [0.1, 0.15) is 5.82 Å². The molecule has 0 saturated carbocycles. The minimum absolute atomic E-state index is 0.0755. The number of amides is 3. The molecule has 1 fully saturated rings. The summed E-state index contributed by atoms with van der Waals surface area (Å²) in [5, 5.41) is 0. The van der Waals surface area contributed by atoms with Crippen LogP contribution in [0.3, 0.4) is 0 Å². The molecule has 0 aliphatic carbocycles. The lowest BCUT2D eigenvalue weighted by Gasteiger charge is -2.17. The smallest absolute Gasteiger partial charge is 0.269 e. The average molecular weight is 355 g/mol. The van der Waals surface area contributed by atoms with E-state index in [1.165, 1.54) is 12.1 Å². The van der Waals surface area contributed by atoms with E-state index in [-0.39, 0.29) is 24.4 Å². The van der Waals surface area contributed by atoms with E-state index in [9.17, 15) is 18.8 Å². The molecular formula is C19H18FN3O3. The van der Waals surface area contributed by atoms with Crippen LogP contribution in [0.15, 0.2) is 48.5 Å². The van der Waals surface area contributed by atoms with Crippen molar-refractivity contribution >= 4 is 23.4 Å². The number of anilines is 1. The summed E-state index contributed by atoms with van der Waals surface area (Å²) in [6.07, 6.45) is 0.0755. The first-order valence-corrected chi connectivity index (χ1v) is 8.17. The normalized spacial score (nSPS) is 16.5. The highest BCUT2D eigenvalue weighted by atomic mass is 19.1. The molecule has 0 radical (unpaired) electrons. The zero-order valence-corrected chi connectivity index (χ0v) is 14.2. The van der Waals surface area contributed by atoms with E-state index in [4.69, 9.17) is 0 Å². The highest BCUT2D eigenvalue weighted by Gasteiger charge is 2.35. The molecule has 3 amide bonds. The molecule has 1 aliphatic rings. The van der Waals surface area contributed by atoms with Gasteiger partial charge in [0.05, 0.1) is 5.92 Å². The van der Waals surface area contributed by atoms with Crippen LogP contribution in [0.4, 0.5) is 10.1 Å². The van der Waals surface area contributed by atoms with Crippen LogP contribution in [-0.2, 0) is 9.59 Å². The summed E-state index contributed by atoms with van der Waals surface area (Å²) < 4.78 is 12.9. The molecule has 1 saturated heterocycles. The van der Waals surface area contributed by atoms with Gasteiger partial charge < -0.3 is 4.90 Å². The Morgan fingerprint density at radius 3 is 2.35 bits per heavy atom. The summed E-state index contributed by atoms with van der Waals surface area (Å²) in [5.74, 6) is -2.15. The molecule has 7 heteroatoms. The summed E-state index contributed by atoms with van der Waals surface area (Å²) >= 11 is 0. The van der Waals surface area contributed by atoms with Crippen LogP contribution < -0.4 is 15.8 Å². The van der Waals surface area contributed by atoms with Crippen molar-refractivity contribution in [2.45, 2.75) is 13.3 Å². The van der Waals surface area contributed by atoms with Crippen molar-refractivity contribution in [1.29, 1.82) is 0 Å². The minimum Gasteiger partial charge on any atom is -0.312 e. The molecule has 6 nitrogen and oxygen atoms in total. The van der Waals surface area contributed by atoms with Crippen molar-refractivity contribution in [3.63, 3.8) is 0 Å². The van der Waals surface area contributed by atoms with Crippen LogP contribution in [0.1, 0.15) is 22.3 Å². The molecule has 0 unspecified atom stereocenters. The Bertz CT molecular complexity index is 834. The largest absolute Gasteiger partial charge is 0.312 e. The first-order chi connectivity index (χ1) is 12.4. The van der Waals surface area contributed by atoms with Crippen molar-refractivity contribution in [1.82, 2.24) is 10.9 Å². The van der Waals surface area contributed by atoms with Gasteiger partial charge in [-0.05, 0) is 43.3 Å². The Morgan fingerprint density at radius 2 is 1.69 bits per heavy atom. The fourth-order valence-corrected chi connectivity index (χ4v) is 2.75. The van der Waals surface area contributed by atoms with E-state index in [0.29, 0.717) is 0 Å². The SMILES string of the molecule is Cc1ccc(N2C[C@@H](C(=O)NNC(=O)c3ccc(F)cc3)CC2=O)cc1. The molecule has 26 heavy (non-hydrogen) atoms. The predicted octanol–water partition coefficient (Wildman–Crippen LogP) is 1.95. The first kappa shape index (κ1) is 17.6. The van der Waals surface area contributed by atoms with Crippen LogP contribution in [0.25, 0.3) is 0 Å². The molecular weight excluding hydrogens is 337 g/mol. The van der Waals surface area contributed by atoms with Gasteiger partial charge in [0.25, 0.3) is 5.91 Å². The van der Waals surface area contributed by atoms with Crippen LogP contribution >= 0.6 is 0 Å². The number of hydrogen-bond acceptors (Lipinski definition) is 3. The van der Waals surface area contributed by atoms with E-state index in [2.05, 4.69) is 10.9 Å². The topological polar surface area (TPSA) is 78.5 Å². The Kier molecular flexibility index (Phi) is 4.97. The van der Waals surface area contributed by atoms with E-state index in [1.807, 2.05) is 31.2 Å². The molecule has 2 N–H and O–H groups in total. The summed E-state index contributed by atoms with van der Waals surface area (Å²) in [4.78, 5) is 37.9. The van der Waals surface area contributed by atoms with Crippen molar-refractivity contribution < 1.29 is 18.8 Å². The maximum atomic E-state index is 12.9. The summed E-state index contributed by atoms with van der Waals surface area (Å²) in [5.41, 5.74) is 6.65. The quantitative estimate of drug-likeness (QED) is 0.826. The molecule has 3 rings (SSSR count). The van der Waals surface area contributed by atoms with Crippen LogP contribution in [0, 0.1) is 18.7 Å². The van der Waals surface area contributed by atoms with Gasteiger partial charge >= 0.3 is 0 Å². The highest BCUT2D eigenvalue weighted by molar-refractivity contribution is 6.01. The van der Waals surface area contributed by atoms with Gasteiger partial charge in [-0.25, -0.2) is 4.39 Å². The van der Waals surface area contributed by atoms with Gasteiger partial charge in [-0.15, -0.1) is 0 Å². The Balaban J connectivity index is 1.57. The van der Waals surface area contributed by atoms with Gasteiger partial charge in [-0.1, -0.05) is 17.7 Å². The van der Waals surface area contributed by atoms with Gasteiger partial charge in [-0.3, -0.25) is 25.2 Å². The minimum atomic E-state index is -0.558. The standard InChI is InChI=1S/C19H18FN3O3/c1-12-2-8-16(9-3-12)23-11-14(10-17(23)24)19(26)22-21-18(25)13-4-6-15(20)7-5-13/h2-9,14H,10-11H2,1H3,(H,21,25)(H,22,26)/t14-/m0/s1. The Labute approximate surface area is 150 Å². The number of hydrazine groups is 1. The zero-order valence-electron chi connectivity index (χ0n) is 14.2. The van der Waals surface area contributed by atoms with Gasteiger partial charge in [-0.2, -0.15) is 0 Å². The van der Waals surface area contributed by atoms with Crippen molar-refractivity contribution in [3.05, 3.63) is 65.5 Å². The monoisotopic (exact) mass is 355 g/mol. The number of rotatable bonds is 3. The van der Waals surface area contributed by atoms with E-state index < -0.39 is 23.5 Å². The number of carbonyl (C=O) groups excluding carboxylic acids is 3. The summed E-state index contributed by atoms with van der Waals surface area (Å²) in [6.45, 7) is 2.20. The zero-order chi connectivity index (χ0) is 18.7. The first-order valence-electron chi connectivity index (χ1n) is 8.17. The third-order valence-corrected chi connectivity index (χ3v) is 4.25. The second-order valence-corrected chi connectivity index (χ2v) is 6.19. The second-order valence-electron chi connectivity index (χ2n) is 6.19. The average Bonchev–Trinajstić information content (AvgIpc) is 3.02. The number of aryl methyl sites for hydroxylation is 1. The fourth-order valence-electron chi connectivity index (χ4n) is 2.75. The van der Waals surface area contributed by atoms with Crippen LogP contribution in [0.2, 0.25) is 0 Å². The molecule has 0 bridgehead atoms. The molecule has 1 atom stereocenters. The molecule has 134 valence electrons. The number of carbonyl (C=O) groups is 3. The number of nitrogens with one attached hydrogen (secondary N) is 2. The molecule has 1 heterocycles. The second kappa shape index (κ2) is 7.35. The maximum absolute atomic E-state index is 12.9. The third-order valence-electron chi connectivity index (χ3n) is 4.25. The summed E-state index contributed by atoms with van der Waals surface area (Å²) in [6, 6.07) is 12.4. The third kappa shape index (κ3) is 3.88. The van der Waals surface area contributed by atoms with Crippen molar-refractivity contribution in [2.75, 3.05) is 11.4 Å². The summed E-state index contributed by atoms with van der Waals surface area (Å²) in [7, 11) is 0. The van der Waals surface area contributed by atoms with E-state index in [0.717, 1.165) is 23.4 Å². The predicted molar refractivity (Wildman–Crippen MR) is 93.6 cm³/mol. The maximum Gasteiger partial charge on any atom is 0.269 e. The van der Waals surface area contributed by atoms with Crippen molar-refractivity contribution in [2.24, 2.45) is 5.92 Å². The molecule has 2 aromatic rings. The molecule has 2 aromatic carbocycles. The lowest BCUT2D eigenvalue weighted by molar-refractivity contribution is -0.126. The fraction of sp³-hybridized carbons (Fsp3) is 0.211. The number of halogens is 1. The highest BCUT2D eigenvalue weighted by Crippen LogP contribution is 2.25. The van der Waals surface area contributed by atoms with Crippen LogP contribution in [0.5, 0.6) is 0 Å². The van der Waals surface area contributed by atoms with Gasteiger partial charge in [0.2, 0.25) is 11.8 Å². The number of hydrogen-bond donors (Lipinski definition) is 2. The van der Waals surface area contributed by atoms with Crippen LogP contribution in [-0.4, -0.2) is 24.3 Å². The molecule has 1 aliphatic heterocycles. The lowest BCUT2D eigenvalue weighted by Crippen LogP contribution is -2.45. The lowest BCUT2D eigenvalue weighted by atomic mass is 10.1. The molecule has 0 aromatic heterocycles. The van der Waals surface area contributed by atoms with Crippen molar-refractivity contribution in [3.8, 4) is 0 Å². The van der Waals surface area contributed by atoms with Gasteiger partial charge in [0.15, 0.2) is 0 Å². The Morgan fingerprint density at radius 1 is 1.04 bits per heavy atom. The van der Waals surface area contributed by atoms with E-state index >= 15 is 0 Å².